The molecule has 1 amide bonds. The van der Waals surface area contributed by atoms with Crippen LogP contribution in [0.3, 0.4) is 0 Å². The molecule has 0 aliphatic carbocycles. The van der Waals surface area contributed by atoms with Crippen molar-refractivity contribution in [3.8, 4) is 11.8 Å². The van der Waals surface area contributed by atoms with Crippen LogP contribution in [0.15, 0.2) is 24.3 Å². The second-order valence-electron chi connectivity index (χ2n) is 8.54. The predicted molar refractivity (Wildman–Crippen MR) is 123 cm³/mol. The second-order valence-corrected chi connectivity index (χ2v) is 11.0. The molecule has 0 aromatic heterocycles. The summed E-state index contributed by atoms with van der Waals surface area (Å²) in [6.07, 6.45) is 4.13. The van der Waals surface area contributed by atoms with Gasteiger partial charge in [0, 0.05) is 31.5 Å². The van der Waals surface area contributed by atoms with E-state index < -0.39 is 20.5 Å². The summed E-state index contributed by atoms with van der Waals surface area (Å²) in [5.41, 5.74) is 6.11. The average molecular weight is 448 g/mol. The Hall–Kier alpha value is -2.18. The minimum Gasteiger partial charge on any atom is -0.299 e. The molecule has 1 unspecified atom stereocenters. The van der Waals surface area contributed by atoms with E-state index in [-0.39, 0.29) is 6.42 Å². The van der Waals surface area contributed by atoms with E-state index in [2.05, 4.69) is 47.9 Å². The molecular weight excluding hydrogens is 414 g/mol. The van der Waals surface area contributed by atoms with Gasteiger partial charge in [0.2, 0.25) is 0 Å². The molecule has 0 saturated heterocycles. The zero-order valence-electron chi connectivity index (χ0n) is 19.0. The van der Waals surface area contributed by atoms with E-state index in [1.807, 2.05) is 19.0 Å². The summed E-state index contributed by atoms with van der Waals surface area (Å²) >= 11 is 0. The normalized spacial score (nSPS) is 16.8. The highest BCUT2D eigenvalue weighted by molar-refractivity contribution is 7.92. The summed E-state index contributed by atoms with van der Waals surface area (Å²) in [6, 6.07) is 6.32. The first-order valence-corrected chi connectivity index (χ1v) is 12.2. The maximum Gasteiger partial charge on any atom is 0.264 e. The Morgan fingerprint density at radius 2 is 2.06 bits per heavy atom. The van der Waals surface area contributed by atoms with Gasteiger partial charge < -0.3 is 0 Å². The molecule has 1 aliphatic rings. The van der Waals surface area contributed by atoms with Crippen LogP contribution in [0.25, 0.3) is 5.57 Å². The molecule has 2 rings (SSSR count). The molecule has 1 aliphatic heterocycles. The predicted octanol–water partition coefficient (Wildman–Crippen LogP) is 1.70. The van der Waals surface area contributed by atoms with Gasteiger partial charge in [-0.25, -0.2) is 13.9 Å². The molecule has 31 heavy (non-hydrogen) atoms. The van der Waals surface area contributed by atoms with Crippen molar-refractivity contribution in [1.29, 1.82) is 0 Å². The fraction of sp³-hybridized carbons (Fsp3) is 0.522. The molecule has 1 aromatic rings. The van der Waals surface area contributed by atoms with Crippen molar-refractivity contribution in [3.63, 3.8) is 0 Å². The molecule has 1 aromatic carbocycles. The molecule has 7 nitrogen and oxygen atoms in total. The van der Waals surface area contributed by atoms with Crippen LogP contribution in [0.4, 0.5) is 0 Å². The fourth-order valence-electron chi connectivity index (χ4n) is 3.43. The average Bonchev–Trinajstić information content (AvgIpc) is 2.71. The standard InChI is InChI=1S/C23H33N3O4S/c1-18-17-21(9-8-19(18)7-6-13-25(3)4)20-10-14-26(15-11-20)16-12-23(2,22(27)24-28)31(5,29)30/h8-10,17,28H,11-16H2,1-5H3,(H,24,27). The monoisotopic (exact) mass is 447 g/mol. The summed E-state index contributed by atoms with van der Waals surface area (Å²) in [6.45, 7) is 6.04. The number of sulfone groups is 1. The summed E-state index contributed by atoms with van der Waals surface area (Å²) in [5.74, 6) is 5.49. The number of aryl methyl sites for hydroxylation is 1. The highest BCUT2D eigenvalue weighted by atomic mass is 32.2. The van der Waals surface area contributed by atoms with E-state index in [1.165, 1.54) is 23.5 Å². The molecule has 0 fully saturated rings. The van der Waals surface area contributed by atoms with Crippen molar-refractivity contribution >= 4 is 21.3 Å². The molecule has 0 saturated carbocycles. The fourth-order valence-corrected chi connectivity index (χ4v) is 4.27. The molecular formula is C23H33N3O4S. The van der Waals surface area contributed by atoms with Gasteiger partial charge >= 0.3 is 0 Å². The lowest BCUT2D eigenvalue weighted by Gasteiger charge is -2.31. The van der Waals surface area contributed by atoms with Gasteiger partial charge in [-0.3, -0.25) is 19.8 Å². The van der Waals surface area contributed by atoms with Crippen LogP contribution in [0.2, 0.25) is 0 Å². The van der Waals surface area contributed by atoms with Crippen LogP contribution in [0.5, 0.6) is 0 Å². The van der Waals surface area contributed by atoms with Gasteiger partial charge in [-0.15, -0.1) is 0 Å². The Kier molecular flexibility index (Phi) is 8.43. The highest BCUT2D eigenvalue weighted by Crippen LogP contribution is 2.26. The lowest BCUT2D eigenvalue weighted by Crippen LogP contribution is -2.51. The van der Waals surface area contributed by atoms with E-state index in [1.54, 1.807) is 0 Å². The Bertz CT molecular complexity index is 1010. The SMILES string of the molecule is Cc1cc(C2=CCN(CCC(C)(C(=O)NO)S(C)(=O)=O)CC2)ccc1C#CCN(C)C. The summed E-state index contributed by atoms with van der Waals surface area (Å²) in [4.78, 5) is 16.1. The van der Waals surface area contributed by atoms with Crippen LogP contribution in [0, 0.1) is 18.8 Å². The number of hydrogen-bond acceptors (Lipinski definition) is 6. The lowest BCUT2D eigenvalue weighted by molar-refractivity contribution is -0.131. The highest BCUT2D eigenvalue weighted by Gasteiger charge is 2.43. The van der Waals surface area contributed by atoms with Gasteiger partial charge in [0.1, 0.15) is 0 Å². The topological polar surface area (TPSA) is 90.0 Å². The molecule has 8 heteroatoms. The number of nitrogens with zero attached hydrogens (tertiary/aromatic N) is 2. The number of carbonyl (C=O) groups is 1. The lowest BCUT2D eigenvalue weighted by atomic mass is 9.95. The largest absolute Gasteiger partial charge is 0.299 e. The maximum absolute atomic E-state index is 12.1. The Morgan fingerprint density at radius 1 is 1.35 bits per heavy atom. The van der Waals surface area contributed by atoms with Crippen molar-refractivity contribution in [2.45, 2.75) is 31.4 Å². The zero-order valence-corrected chi connectivity index (χ0v) is 19.8. The van der Waals surface area contributed by atoms with Crippen molar-refractivity contribution in [3.05, 3.63) is 41.0 Å². The molecule has 0 spiro atoms. The van der Waals surface area contributed by atoms with Crippen molar-refractivity contribution in [2.75, 3.05) is 46.5 Å². The molecule has 170 valence electrons. The van der Waals surface area contributed by atoms with E-state index >= 15 is 0 Å². The van der Waals surface area contributed by atoms with E-state index in [0.717, 1.165) is 36.9 Å². The van der Waals surface area contributed by atoms with Crippen LogP contribution in [-0.4, -0.2) is 80.6 Å². The first-order valence-electron chi connectivity index (χ1n) is 10.3. The third-order valence-corrected chi connectivity index (χ3v) is 7.84. The third kappa shape index (κ3) is 6.40. The Balaban J connectivity index is 2.04. The van der Waals surface area contributed by atoms with E-state index in [4.69, 9.17) is 5.21 Å². The van der Waals surface area contributed by atoms with Crippen molar-refractivity contribution in [2.24, 2.45) is 0 Å². The van der Waals surface area contributed by atoms with E-state index in [0.29, 0.717) is 13.1 Å². The summed E-state index contributed by atoms with van der Waals surface area (Å²) < 4.78 is 22.6. The van der Waals surface area contributed by atoms with Gasteiger partial charge in [0.05, 0.1) is 6.54 Å². The molecule has 1 heterocycles. The minimum absolute atomic E-state index is 0.112. The van der Waals surface area contributed by atoms with Crippen LogP contribution < -0.4 is 5.48 Å². The minimum atomic E-state index is -3.68. The van der Waals surface area contributed by atoms with Gasteiger partial charge in [0.15, 0.2) is 14.6 Å². The number of rotatable bonds is 7. The van der Waals surface area contributed by atoms with Crippen LogP contribution >= 0.6 is 0 Å². The number of hydroxylamine groups is 1. The van der Waals surface area contributed by atoms with Gasteiger partial charge in [-0.2, -0.15) is 0 Å². The number of hydrogen-bond donors (Lipinski definition) is 2. The molecule has 0 radical (unpaired) electrons. The second kappa shape index (κ2) is 10.4. The van der Waals surface area contributed by atoms with Crippen molar-refractivity contribution < 1.29 is 18.4 Å². The van der Waals surface area contributed by atoms with E-state index in [9.17, 15) is 13.2 Å². The third-order valence-electron chi connectivity index (χ3n) is 5.81. The number of amides is 1. The summed E-state index contributed by atoms with van der Waals surface area (Å²) in [5, 5.41) is 8.95. The molecule has 2 N–H and O–H groups in total. The van der Waals surface area contributed by atoms with Crippen LogP contribution in [-0.2, 0) is 14.6 Å². The van der Waals surface area contributed by atoms with Gasteiger partial charge in [-0.05, 0) is 63.6 Å². The first-order chi connectivity index (χ1) is 14.5. The number of nitrogens with one attached hydrogen (secondary N) is 1. The Labute approximate surface area is 186 Å². The molecule has 1 atom stereocenters. The quantitative estimate of drug-likeness (QED) is 0.376. The smallest absolute Gasteiger partial charge is 0.264 e. The Morgan fingerprint density at radius 3 is 2.58 bits per heavy atom. The van der Waals surface area contributed by atoms with Gasteiger partial charge in [-0.1, -0.05) is 30.0 Å². The molecule has 0 bridgehead atoms. The number of benzene rings is 1. The number of carbonyl (C=O) groups excluding carboxylic acids is 1. The van der Waals surface area contributed by atoms with Crippen LogP contribution in [0.1, 0.15) is 36.5 Å². The van der Waals surface area contributed by atoms with Gasteiger partial charge in [0.25, 0.3) is 5.91 Å². The maximum atomic E-state index is 12.1. The van der Waals surface area contributed by atoms with Crippen molar-refractivity contribution in [1.82, 2.24) is 15.3 Å². The first kappa shape index (κ1) is 25.1. The zero-order chi connectivity index (χ0) is 23.2. The summed E-state index contributed by atoms with van der Waals surface area (Å²) in [7, 11) is 0.306.